The molecule has 0 aromatic heterocycles. The zero-order valence-corrected chi connectivity index (χ0v) is 17.9. The molecule has 1 aliphatic rings. The Kier molecular flexibility index (Phi) is 7.75. The molecule has 1 saturated carbocycles. The smallest absolute Gasteiger partial charge is 0.387 e. The number of hydrogen-bond donors (Lipinski definition) is 1. The summed E-state index contributed by atoms with van der Waals surface area (Å²) in [6.45, 7) is -1.82. The van der Waals surface area contributed by atoms with Crippen LogP contribution in [0.1, 0.15) is 24.8 Å². The van der Waals surface area contributed by atoms with Crippen LogP contribution in [-0.4, -0.2) is 37.1 Å². The van der Waals surface area contributed by atoms with Crippen LogP contribution in [0, 0.1) is 0 Å². The number of carbonyl (C=O) groups excluding carboxylic acids is 1. The Balaban J connectivity index is 1.61. The molecule has 5 nitrogen and oxygen atoms in total. The Morgan fingerprint density at radius 1 is 1.20 bits per heavy atom. The normalized spacial score (nSPS) is 13.6. The molecule has 162 valence electrons. The van der Waals surface area contributed by atoms with Crippen LogP contribution < -0.4 is 14.8 Å². The molecule has 0 atom stereocenters. The van der Waals surface area contributed by atoms with Crippen molar-refractivity contribution in [2.45, 2.75) is 38.5 Å². The molecule has 0 unspecified atom stereocenters. The quantitative estimate of drug-likeness (QED) is 0.503. The first kappa shape index (κ1) is 22.6. The second-order valence-electron chi connectivity index (χ2n) is 6.96. The molecule has 2 aromatic rings. The van der Waals surface area contributed by atoms with Crippen molar-refractivity contribution >= 4 is 34.8 Å². The summed E-state index contributed by atoms with van der Waals surface area (Å²) in [6, 6.07) is 10.3. The first-order chi connectivity index (χ1) is 14.4. The van der Waals surface area contributed by atoms with E-state index in [1.165, 1.54) is 13.2 Å². The van der Waals surface area contributed by atoms with Gasteiger partial charge in [0.05, 0.1) is 22.8 Å². The summed E-state index contributed by atoms with van der Waals surface area (Å²) < 4.78 is 34.6. The molecule has 0 saturated heterocycles. The molecule has 9 heteroatoms. The standard InChI is InChI=1S/C21H22Cl2F2N2O3/c1-29-18-11-13(5-8-17(18)30-21(24)25)12-27(14-6-7-14)10-9-19(28)26-20-15(22)3-2-4-16(20)23/h2-5,8,11,14,21H,6-7,9-10,12H2,1H3,(H,26,28). The Morgan fingerprint density at radius 2 is 1.90 bits per heavy atom. The predicted molar refractivity (Wildman–Crippen MR) is 113 cm³/mol. The maximum absolute atomic E-state index is 12.5. The van der Waals surface area contributed by atoms with E-state index in [1.807, 2.05) is 0 Å². The molecular formula is C21H22Cl2F2N2O3. The highest BCUT2D eigenvalue weighted by Crippen LogP contribution is 2.33. The maximum atomic E-state index is 12.5. The van der Waals surface area contributed by atoms with Gasteiger partial charge in [-0.2, -0.15) is 8.78 Å². The number of nitrogens with zero attached hydrogens (tertiary/aromatic N) is 1. The van der Waals surface area contributed by atoms with Crippen LogP contribution in [0.3, 0.4) is 0 Å². The summed E-state index contributed by atoms with van der Waals surface area (Å²) >= 11 is 12.2. The van der Waals surface area contributed by atoms with E-state index < -0.39 is 6.61 Å². The number of ether oxygens (including phenoxy) is 2. The van der Waals surface area contributed by atoms with Crippen molar-refractivity contribution in [2.24, 2.45) is 0 Å². The second kappa shape index (κ2) is 10.3. The third-order valence-corrected chi connectivity index (χ3v) is 5.38. The fourth-order valence-electron chi connectivity index (χ4n) is 3.13. The molecule has 1 aliphatic carbocycles. The van der Waals surface area contributed by atoms with Crippen LogP contribution in [-0.2, 0) is 11.3 Å². The lowest BCUT2D eigenvalue weighted by Crippen LogP contribution is -2.29. The summed E-state index contributed by atoms with van der Waals surface area (Å²) in [5.41, 5.74) is 1.29. The van der Waals surface area contributed by atoms with Crippen LogP contribution in [0.4, 0.5) is 14.5 Å². The van der Waals surface area contributed by atoms with E-state index in [4.69, 9.17) is 27.9 Å². The monoisotopic (exact) mass is 458 g/mol. The van der Waals surface area contributed by atoms with Crippen molar-refractivity contribution in [1.29, 1.82) is 0 Å². The average Bonchev–Trinajstić information content (AvgIpc) is 3.54. The molecule has 30 heavy (non-hydrogen) atoms. The van der Waals surface area contributed by atoms with Gasteiger partial charge in [-0.25, -0.2) is 0 Å². The van der Waals surface area contributed by atoms with Gasteiger partial charge in [0.2, 0.25) is 5.91 Å². The van der Waals surface area contributed by atoms with Crippen LogP contribution in [0.2, 0.25) is 10.0 Å². The second-order valence-corrected chi connectivity index (χ2v) is 7.77. The zero-order valence-electron chi connectivity index (χ0n) is 16.3. The molecule has 0 spiro atoms. The topological polar surface area (TPSA) is 50.8 Å². The van der Waals surface area contributed by atoms with Gasteiger partial charge in [0.25, 0.3) is 0 Å². The molecule has 2 aromatic carbocycles. The van der Waals surface area contributed by atoms with E-state index >= 15 is 0 Å². The molecule has 3 rings (SSSR count). The number of amides is 1. The van der Waals surface area contributed by atoms with E-state index in [0.717, 1.165) is 18.4 Å². The molecular weight excluding hydrogens is 437 g/mol. The average molecular weight is 459 g/mol. The van der Waals surface area contributed by atoms with Crippen molar-refractivity contribution < 1.29 is 23.0 Å². The maximum Gasteiger partial charge on any atom is 0.387 e. The zero-order chi connectivity index (χ0) is 21.7. The van der Waals surface area contributed by atoms with Crippen molar-refractivity contribution in [3.8, 4) is 11.5 Å². The van der Waals surface area contributed by atoms with Gasteiger partial charge in [0.15, 0.2) is 11.5 Å². The fourth-order valence-corrected chi connectivity index (χ4v) is 3.62. The van der Waals surface area contributed by atoms with Crippen molar-refractivity contribution in [2.75, 3.05) is 19.0 Å². The van der Waals surface area contributed by atoms with Gasteiger partial charge in [-0.3, -0.25) is 9.69 Å². The predicted octanol–water partition coefficient (Wildman–Crippen LogP) is 5.60. The summed E-state index contributed by atoms with van der Waals surface area (Å²) in [7, 11) is 1.40. The lowest BCUT2D eigenvalue weighted by atomic mass is 10.1. The van der Waals surface area contributed by atoms with Crippen molar-refractivity contribution in [1.82, 2.24) is 4.90 Å². The minimum Gasteiger partial charge on any atom is -0.493 e. The number of carbonyl (C=O) groups is 1. The molecule has 0 heterocycles. The Bertz CT molecular complexity index is 874. The van der Waals surface area contributed by atoms with E-state index in [9.17, 15) is 13.6 Å². The summed E-state index contributed by atoms with van der Waals surface area (Å²) in [5.74, 6) is 0.0498. The summed E-state index contributed by atoms with van der Waals surface area (Å²) in [6.07, 6.45) is 2.38. The highest BCUT2D eigenvalue weighted by molar-refractivity contribution is 6.39. The van der Waals surface area contributed by atoms with Gasteiger partial charge < -0.3 is 14.8 Å². The van der Waals surface area contributed by atoms with Gasteiger partial charge in [0, 0.05) is 25.6 Å². The Labute approximate surface area is 183 Å². The van der Waals surface area contributed by atoms with E-state index in [1.54, 1.807) is 30.3 Å². The van der Waals surface area contributed by atoms with Crippen molar-refractivity contribution in [3.05, 3.63) is 52.0 Å². The Morgan fingerprint density at radius 3 is 2.50 bits per heavy atom. The number of para-hydroxylation sites is 1. The molecule has 0 radical (unpaired) electrons. The number of methoxy groups -OCH3 is 1. The SMILES string of the molecule is COc1cc(CN(CCC(=O)Nc2c(Cl)cccc2Cl)C2CC2)ccc1OC(F)F. The molecule has 0 bridgehead atoms. The van der Waals surface area contributed by atoms with E-state index in [0.29, 0.717) is 34.9 Å². The molecule has 0 aliphatic heterocycles. The molecule has 1 amide bonds. The minimum absolute atomic E-state index is 0.00906. The fraction of sp³-hybridized carbons (Fsp3) is 0.381. The highest BCUT2D eigenvalue weighted by atomic mass is 35.5. The lowest BCUT2D eigenvalue weighted by Gasteiger charge is -2.22. The number of halogens is 4. The Hall–Kier alpha value is -2.09. The highest BCUT2D eigenvalue weighted by Gasteiger charge is 2.29. The summed E-state index contributed by atoms with van der Waals surface area (Å²) in [4.78, 5) is 14.6. The largest absolute Gasteiger partial charge is 0.493 e. The number of rotatable bonds is 10. The van der Waals surface area contributed by atoms with Crippen LogP contribution >= 0.6 is 23.2 Å². The van der Waals surface area contributed by atoms with E-state index in [-0.39, 0.29) is 23.8 Å². The van der Waals surface area contributed by atoms with Crippen molar-refractivity contribution in [3.63, 3.8) is 0 Å². The van der Waals surface area contributed by atoms with Gasteiger partial charge in [0.1, 0.15) is 0 Å². The first-order valence-electron chi connectivity index (χ1n) is 9.47. The van der Waals surface area contributed by atoms with Gasteiger partial charge in [-0.1, -0.05) is 35.3 Å². The molecule has 1 fully saturated rings. The summed E-state index contributed by atoms with van der Waals surface area (Å²) in [5, 5.41) is 3.53. The third-order valence-electron chi connectivity index (χ3n) is 4.75. The molecule has 1 N–H and O–H groups in total. The van der Waals surface area contributed by atoms with Gasteiger partial charge in [-0.05, 0) is 42.7 Å². The van der Waals surface area contributed by atoms with Gasteiger partial charge >= 0.3 is 6.61 Å². The number of hydrogen-bond acceptors (Lipinski definition) is 4. The van der Waals surface area contributed by atoms with Crippen LogP contribution in [0.15, 0.2) is 36.4 Å². The van der Waals surface area contributed by atoms with Crippen LogP contribution in [0.25, 0.3) is 0 Å². The third kappa shape index (κ3) is 6.20. The number of nitrogens with one attached hydrogen (secondary N) is 1. The van der Waals surface area contributed by atoms with E-state index in [2.05, 4.69) is 15.0 Å². The minimum atomic E-state index is -2.92. The van der Waals surface area contributed by atoms with Gasteiger partial charge in [-0.15, -0.1) is 0 Å². The number of alkyl halides is 2. The number of benzene rings is 2. The lowest BCUT2D eigenvalue weighted by molar-refractivity contribution is -0.116. The van der Waals surface area contributed by atoms with Crippen LogP contribution in [0.5, 0.6) is 11.5 Å². The number of anilines is 1. The first-order valence-corrected chi connectivity index (χ1v) is 10.2.